The van der Waals surface area contributed by atoms with E-state index in [1.807, 2.05) is 0 Å². The lowest BCUT2D eigenvalue weighted by Gasteiger charge is -2.25. The van der Waals surface area contributed by atoms with Crippen LogP contribution >= 0.6 is 0 Å². The van der Waals surface area contributed by atoms with Crippen molar-refractivity contribution in [2.45, 2.75) is 58.3 Å². The zero-order chi connectivity index (χ0) is 34.2. The molecule has 6 rings (SSSR count). The second-order valence-electron chi connectivity index (χ2n) is 11.7. The first-order chi connectivity index (χ1) is 22.1. The smallest absolute Gasteiger partial charge is 0.415 e. The number of benzene rings is 1. The van der Waals surface area contributed by atoms with E-state index in [0.29, 0.717) is 10.5 Å². The number of H-pyrrole nitrogens is 1. The number of aromatic nitrogens is 5. The number of nitriles is 1. The third kappa shape index (κ3) is 4.65. The molecular weight excluding hydrogens is 569 g/mol. The van der Waals surface area contributed by atoms with Crippen molar-refractivity contribution >= 4 is 28.6 Å². The molecule has 0 atom stereocenters. The highest BCUT2D eigenvalue weighted by molar-refractivity contribution is 6.03. The number of pyridine rings is 1. The van der Waals surface area contributed by atoms with E-state index >= 15 is 4.39 Å². The molecule has 1 fully saturated rings. The van der Waals surface area contributed by atoms with Gasteiger partial charge >= 0.3 is 6.09 Å². The summed E-state index contributed by atoms with van der Waals surface area (Å²) in [5.41, 5.74) is 4.61. The lowest BCUT2D eigenvalue weighted by Crippen LogP contribution is -2.35. The maximum absolute atomic E-state index is 16.1. The van der Waals surface area contributed by atoms with Gasteiger partial charge < -0.3 is 15.4 Å². The van der Waals surface area contributed by atoms with Crippen LogP contribution in [0.15, 0.2) is 23.1 Å². The standard InChI is InChI=1S/C30H30FN9O4/c1-30(2,3)44-29(43)38(4)26-24-16(22(11-33)36-37-27(24)41)9-21(35-26)18-12-34-39(5)25(18)23-17(10-32)19-13-40(14-6-7-14)28(42)15(19)8-20(23)31/h8-9,12,14H,6-7,11,13,33H2,1-5H3,(H,37,41)/i4D3. The first-order valence-electron chi connectivity index (χ1n) is 15.3. The van der Waals surface area contributed by atoms with E-state index in [1.54, 1.807) is 25.7 Å². The molecule has 3 N–H and O–H groups in total. The van der Waals surface area contributed by atoms with Gasteiger partial charge in [0, 0.05) is 59.3 Å². The van der Waals surface area contributed by atoms with Crippen molar-refractivity contribution in [2.75, 3.05) is 11.9 Å². The van der Waals surface area contributed by atoms with Crippen molar-refractivity contribution in [3.8, 4) is 28.6 Å². The van der Waals surface area contributed by atoms with Gasteiger partial charge in [-0.05, 0) is 45.7 Å². The van der Waals surface area contributed by atoms with E-state index in [-0.39, 0.29) is 75.1 Å². The van der Waals surface area contributed by atoms with Crippen LogP contribution in [-0.4, -0.2) is 60.5 Å². The molecule has 2 amide bonds. The van der Waals surface area contributed by atoms with E-state index in [9.17, 15) is 19.6 Å². The Morgan fingerprint density at radius 1 is 1.32 bits per heavy atom. The van der Waals surface area contributed by atoms with Crippen LogP contribution in [-0.2, 0) is 24.9 Å². The third-order valence-corrected chi connectivity index (χ3v) is 7.57. The summed E-state index contributed by atoms with van der Waals surface area (Å²) in [5.74, 6) is -1.77. The summed E-state index contributed by atoms with van der Waals surface area (Å²) in [6.45, 7) is 1.41. The predicted molar refractivity (Wildman–Crippen MR) is 158 cm³/mol. The zero-order valence-electron chi connectivity index (χ0n) is 27.4. The number of hydrogen-bond acceptors (Lipinski definition) is 9. The molecule has 2 aliphatic rings. The predicted octanol–water partition coefficient (Wildman–Crippen LogP) is 3.34. The number of ether oxygens (including phenoxy) is 1. The molecule has 4 aromatic rings. The van der Waals surface area contributed by atoms with Gasteiger partial charge in [-0.1, -0.05) is 0 Å². The minimum Gasteiger partial charge on any atom is -0.443 e. The van der Waals surface area contributed by atoms with Gasteiger partial charge in [0.25, 0.3) is 11.5 Å². The number of anilines is 1. The summed E-state index contributed by atoms with van der Waals surface area (Å²) >= 11 is 0. The molecular formula is C30H30FN9O4. The van der Waals surface area contributed by atoms with E-state index in [4.69, 9.17) is 14.6 Å². The van der Waals surface area contributed by atoms with Crippen LogP contribution in [0.2, 0.25) is 0 Å². The van der Waals surface area contributed by atoms with Crippen LogP contribution in [0.1, 0.15) is 64.9 Å². The first kappa shape index (κ1) is 25.3. The number of rotatable bonds is 5. The number of fused-ring (bicyclic) bond motifs is 2. The molecule has 1 aliphatic carbocycles. The number of hydrogen-bond donors (Lipinski definition) is 2. The van der Waals surface area contributed by atoms with Gasteiger partial charge in [0.15, 0.2) is 5.82 Å². The Kier molecular flexibility index (Phi) is 5.90. The van der Waals surface area contributed by atoms with E-state index in [2.05, 4.69) is 26.3 Å². The minimum atomic E-state index is -3.18. The van der Waals surface area contributed by atoms with Crippen molar-refractivity contribution in [1.82, 2.24) is 29.9 Å². The summed E-state index contributed by atoms with van der Waals surface area (Å²) in [6, 6.07) is 4.64. The van der Waals surface area contributed by atoms with E-state index < -0.39 is 35.9 Å². The lowest BCUT2D eigenvalue weighted by molar-refractivity contribution is 0.0588. The first-order valence-corrected chi connectivity index (χ1v) is 13.8. The zero-order valence-corrected chi connectivity index (χ0v) is 24.4. The van der Waals surface area contributed by atoms with Crippen molar-refractivity contribution in [3.63, 3.8) is 0 Å². The number of carbonyl (C=O) groups excluding carboxylic acids is 2. The van der Waals surface area contributed by atoms with E-state index in [1.165, 1.54) is 24.0 Å². The van der Waals surface area contributed by atoms with Crippen LogP contribution in [0.3, 0.4) is 0 Å². The summed E-state index contributed by atoms with van der Waals surface area (Å²) in [4.78, 5) is 46.1. The Morgan fingerprint density at radius 2 is 2.07 bits per heavy atom. The van der Waals surface area contributed by atoms with Gasteiger partial charge in [-0.25, -0.2) is 19.3 Å². The number of carbonyl (C=O) groups is 2. The highest BCUT2D eigenvalue weighted by Crippen LogP contribution is 2.42. The number of aromatic amines is 1. The summed E-state index contributed by atoms with van der Waals surface area (Å²) in [6.07, 6.45) is 1.69. The molecule has 44 heavy (non-hydrogen) atoms. The fourth-order valence-corrected chi connectivity index (χ4v) is 5.47. The van der Waals surface area contributed by atoms with Crippen LogP contribution in [0.4, 0.5) is 15.0 Å². The lowest BCUT2D eigenvalue weighted by atomic mass is 9.93. The van der Waals surface area contributed by atoms with Crippen LogP contribution in [0, 0.1) is 17.1 Å². The second kappa shape index (κ2) is 10.2. The number of amides is 2. The molecule has 0 saturated heterocycles. The topological polar surface area (TPSA) is 176 Å². The molecule has 13 nitrogen and oxygen atoms in total. The van der Waals surface area contributed by atoms with Gasteiger partial charge in [-0.15, -0.1) is 0 Å². The number of aryl methyl sites for hydroxylation is 1. The molecule has 4 heterocycles. The number of nitrogens with zero attached hydrogens (tertiary/aromatic N) is 7. The Morgan fingerprint density at radius 3 is 2.70 bits per heavy atom. The molecule has 14 heteroatoms. The average Bonchev–Trinajstić information content (AvgIpc) is 3.67. The normalized spacial score (nSPS) is 15.9. The van der Waals surface area contributed by atoms with Gasteiger partial charge in [0.05, 0.1) is 39.8 Å². The van der Waals surface area contributed by atoms with Gasteiger partial charge in [0.2, 0.25) is 0 Å². The Hall–Kier alpha value is -5.16. The van der Waals surface area contributed by atoms with Gasteiger partial charge in [0.1, 0.15) is 17.5 Å². The monoisotopic (exact) mass is 602 g/mol. The van der Waals surface area contributed by atoms with Crippen molar-refractivity contribution in [1.29, 1.82) is 5.26 Å². The van der Waals surface area contributed by atoms with Crippen LogP contribution < -0.4 is 16.2 Å². The number of nitrogens with two attached hydrogens (primary N) is 1. The van der Waals surface area contributed by atoms with Crippen LogP contribution in [0.25, 0.3) is 33.3 Å². The maximum atomic E-state index is 16.1. The summed E-state index contributed by atoms with van der Waals surface area (Å²) < 4.78 is 47.5. The highest BCUT2D eigenvalue weighted by Gasteiger charge is 2.41. The molecule has 226 valence electrons. The molecule has 0 spiro atoms. The average molecular weight is 603 g/mol. The number of halogens is 1. The largest absolute Gasteiger partial charge is 0.443 e. The Bertz CT molecular complexity index is 2090. The van der Waals surface area contributed by atoms with Gasteiger partial charge in [-0.3, -0.25) is 19.2 Å². The Labute approximate surface area is 255 Å². The molecule has 1 aromatic carbocycles. The quantitative estimate of drug-likeness (QED) is 0.347. The molecule has 0 unspecified atom stereocenters. The number of nitrogens with one attached hydrogen (secondary N) is 1. The van der Waals surface area contributed by atoms with Gasteiger partial charge in [-0.2, -0.15) is 15.5 Å². The Balaban J connectivity index is 1.63. The fraction of sp³-hybridized carbons (Fsp3) is 0.367. The molecule has 1 aliphatic heterocycles. The SMILES string of the molecule is [2H]C([2H])([2H])N(C(=O)OC(C)(C)C)c1nc(-c2cnn(C)c2-c2c(F)cc3c(c2C#N)CN(C2CC2)C3=O)cc2c(CN)n[nH]c(=O)c12. The molecule has 0 bridgehead atoms. The third-order valence-electron chi connectivity index (χ3n) is 7.57. The summed E-state index contributed by atoms with van der Waals surface area (Å²) in [5, 5.41) is 20.7. The van der Waals surface area contributed by atoms with Crippen molar-refractivity contribution < 1.29 is 22.8 Å². The summed E-state index contributed by atoms with van der Waals surface area (Å²) in [7, 11) is 1.52. The molecule has 0 radical (unpaired) electrons. The van der Waals surface area contributed by atoms with Crippen molar-refractivity contribution in [2.24, 2.45) is 12.8 Å². The molecule has 3 aromatic heterocycles. The van der Waals surface area contributed by atoms with Crippen molar-refractivity contribution in [3.05, 3.63) is 56.9 Å². The highest BCUT2D eigenvalue weighted by atomic mass is 19.1. The maximum Gasteiger partial charge on any atom is 0.415 e. The minimum absolute atomic E-state index is 0.0324. The molecule has 1 saturated carbocycles. The van der Waals surface area contributed by atoms with Crippen LogP contribution in [0.5, 0.6) is 0 Å². The van der Waals surface area contributed by atoms with E-state index in [0.717, 1.165) is 18.9 Å². The fourth-order valence-electron chi connectivity index (χ4n) is 5.47. The second-order valence-corrected chi connectivity index (χ2v) is 11.7.